The van der Waals surface area contributed by atoms with Crippen LogP contribution in [0.5, 0.6) is 5.75 Å². The molecule has 44 heavy (non-hydrogen) atoms. The standard InChI is InChI=1S/C34H33ClN4O4S/c1-19-12-21(18-44-24-9-6-22(35)7-10-24)20(2)25(13-19)31-26(17-36)33(37)38(29-15-34(3,4)16-30(40)32(29)31)27-11-8-23(43-5)14-28(27)39(41)42/h6-14,31H,15-16,18,37H2,1-5H3. The smallest absolute Gasteiger partial charge is 0.296 e. The second kappa shape index (κ2) is 12.0. The van der Waals surface area contributed by atoms with Gasteiger partial charge in [-0.05, 0) is 78.8 Å². The summed E-state index contributed by atoms with van der Waals surface area (Å²) >= 11 is 7.74. The number of nitrogens with two attached hydrogens (primary N) is 1. The summed E-state index contributed by atoms with van der Waals surface area (Å²) in [6.45, 7) is 7.99. The number of anilines is 1. The van der Waals surface area contributed by atoms with Gasteiger partial charge in [0.1, 0.15) is 17.3 Å². The van der Waals surface area contributed by atoms with Crippen LogP contribution in [0, 0.1) is 40.7 Å². The van der Waals surface area contributed by atoms with Gasteiger partial charge < -0.3 is 10.5 Å². The molecule has 0 fully saturated rings. The molecule has 226 valence electrons. The number of nitro groups is 1. The topological polar surface area (TPSA) is 122 Å². The zero-order chi connectivity index (χ0) is 31.9. The number of nitro benzene ring substituents is 1. The molecule has 0 saturated carbocycles. The number of thioether (sulfide) groups is 1. The predicted molar refractivity (Wildman–Crippen MR) is 174 cm³/mol. The summed E-state index contributed by atoms with van der Waals surface area (Å²) in [5.41, 5.74) is 11.4. The number of Topliss-reactive ketones (excluding diaryl/α,β-unsaturated/α-hetero) is 1. The van der Waals surface area contributed by atoms with Gasteiger partial charge in [-0.25, -0.2) is 0 Å². The van der Waals surface area contributed by atoms with Crippen LogP contribution < -0.4 is 15.4 Å². The first-order valence-corrected chi connectivity index (χ1v) is 15.5. The second-order valence-corrected chi connectivity index (χ2v) is 13.5. The lowest BCUT2D eigenvalue weighted by Crippen LogP contribution is -2.42. The van der Waals surface area contributed by atoms with Gasteiger partial charge in [-0.1, -0.05) is 43.1 Å². The van der Waals surface area contributed by atoms with Crippen molar-refractivity contribution in [2.75, 3.05) is 12.0 Å². The number of nitrogens with zero attached hydrogens (tertiary/aromatic N) is 3. The van der Waals surface area contributed by atoms with Gasteiger partial charge in [-0.15, -0.1) is 11.8 Å². The van der Waals surface area contributed by atoms with Crippen molar-refractivity contribution >= 4 is 40.5 Å². The zero-order valence-corrected chi connectivity index (χ0v) is 26.8. The van der Waals surface area contributed by atoms with Crippen LogP contribution in [0.2, 0.25) is 5.02 Å². The number of rotatable bonds is 7. The Hall–Kier alpha value is -4.26. The van der Waals surface area contributed by atoms with E-state index >= 15 is 0 Å². The fraction of sp³-hybridized carbons (Fsp3) is 0.294. The highest BCUT2D eigenvalue weighted by Gasteiger charge is 2.46. The van der Waals surface area contributed by atoms with E-state index < -0.39 is 16.3 Å². The third-order valence-corrected chi connectivity index (χ3v) is 9.53. The summed E-state index contributed by atoms with van der Waals surface area (Å²) in [5.74, 6) is 0.263. The monoisotopic (exact) mass is 628 g/mol. The summed E-state index contributed by atoms with van der Waals surface area (Å²) in [6, 6.07) is 18.6. The van der Waals surface area contributed by atoms with Gasteiger partial charge in [0.25, 0.3) is 5.69 Å². The largest absolute Gasteiger partial charge is 0.496 e. The van der Waals surface area contributed by atoms with Crippen molar-refractivity contribution in [3.05, 3.63) is 115 Å². The second-order valence-electron chi connectivity index (χ2n) is 12.0. The molecule has 2 N–H and O–H groups in total. The Kier molecular flexibility index (Phi) is 8.52. The summed E-state index contributed by atoms with van der Waals surface area (Å²) in [5, 5.41) is 23.5. The molecule has 0 radical (unpaired) electrons. The Balaban J connectivity index is 1.70. The molecule has 5 rings (SSSR count). The molecule has 0 aromatic heterocycles. The summed E-state index contributed by atoms with van der Waals surface area (Å²) in [7, 11) is 1.43. The van der Waals surface area contributed by atoms with Crippen molar-refractivity contribution in [3.63, 3.8) is 0 Å². The molecule has 1 atom stereocenters. The van der Waals surface area contributed by atoms with Gasteiger partial charge >= 0.3 is 0 Å². The number of nitriles is 1. The van der Waals surface area contributed by atoms with E-state index in [-0.39, 0.29) is 35.0 Å². The molecular formula is C34H33ClN4O4S. The normalized spacial score (nSPS) is 17.8. The highest BCUT2D eigenvalue weighted by atomic mass is 35.5. The molecule has 8 nitrogen and oxygen atoms in total. The van der Waals surface area contributed by atoms with E-state index in [0.29, 0.717) is 34.2 Å². The molecule has 0 spiro atoms. The molecule has 0 amide bonds. The van der Waals surface area contributed by atoms with Crippen molar-refractivity contribution in [1.82, 2.24) is 0 Å². The van der Waals surface area contributed by atoms with E-state index in [1.807, 2.05) is 58.0 Å². The number of ketones is 1. The molecule has 1 heterocycles. The minimum absolute atomic E-state index is 0.0769. The highest BCUT2D eigenvalue weighted by Crippen LogP contribution is 2.52. The number of ether oxygens (including phenoxy) is 1. The molecule has 2 aliphatic rings. The Bertz CT molecular complexity index is 1790. The average Bonchev–Trinajstić information content (AvgIpc) is 2.97. The SMILES string of the molecule is COc1ccc(N2C(N)=C(C#N)C(c3cc(C)cc(CSc4ccc(Cl)cc4)c3C)C3=C2CC(C)(C)CC3=O)c([N+](=O)[O-])c1. The van der Waals surface area contributed by atoms with Crippen LogP contribution in [0.4, 0.5) is 11.4 Å². The molecule has 1 unspecified atom stereocenters. The summed E-state index contributed by atoms with van der Waals surface area (Å²) in [4.78, 5) is 28.4. The minimum atomic E-state index is -0.702. The van der Waals surface area contributed by atoms with Crippen LogP contribution in [0.1, 0.15) is 54.9 Å². The van der Waals surface area contributed by atoms with Gasteiger partial charge in [0.05, 0.1) is 35.7 Å². The highest BCUT2D eigenvalue weighted by molar-refractivity contribution is 7.98. The average molecular weight is 629 g/mol. The number of hydrogen-bond acceptors (Lipinski definition) is 8. The van der Waals surface area contributed by atoms with Gasteiger partial charge in [-0.3, -0.25) is 19.8 Å². The van der Waals surface area contributed by atoms with Crippen LogP contribution in [-0.4, -0.2) is 17.8 Å². The number of carbonyl (C=O) groups is 1. The Morgan fingerprint density at radius 3 is 2.50 bits per heavy atom. The van der Waals surface area contributed by atoms with Gasteiger partial charge in [-0.2, -0.15) is 5.26 Å². The molecule has 10 heteroatoms. The molecule has 0 saturated heterocycles. The molecule has 3 aromatic rings. The maximum absolute atomic E-state index is 14.1. The van der Waals surface area contributed by atoms with E-state index in [9.17, 15) is 20.2 Å². The van der Waals surface area contributed by atoms with E-state index in [1.54, 1.807) is 28.8 Å². The first-order chi connectivity index (χ1) is 20.8. The van der Waals surface area contributed by atoms with E-state index in [1.165, 1.54) is 13.2 Å². The molecule has 0 bridgehead atoms. The van der Waals surface area contributed by atoms with E-state index in [0.717, 1.165) is 27.1 Å². The Morgan fingerprint density at radius 1 is 1.16 bits per heavy atom. The molecule has 3 aromatic carbocycles. The fourth-order valence-corrected chi connectivity index (χ4v) is 7.24. The number of benzene rings is 3. The van der Waals surface area contributed by atoms with Gasteiger partial charge in [0.15, 0.2) is 5.78 Å². The maximum atomic E-state index is 14.1. The number of carbonyl (C=O) groups excluding carboxylic acids is 1. The first kappa shape index (κ1) is 31.2. The Labute approximate surface area is 266 Å². The third kappa shape index (κ3) is 5.80. The Morgan fingerprint density at radius 2 is 1.86 bits per heavy atom. The number of aryl methyl sites for hydroxylation is 1. The van der Waals surface area contributed by atoms with Crippen molar-refractivity contribution in [2.45, 2.75) is 57.1 Å². The lowest BCUT2D eigenvalue weighted by molar-refractivity contribution is -0.384. The van der Waals surface area contributed by atoms with Crippen molar-refractivity contribution in [2.24, 2.45) is 11.1 Å². The van der Waals surface area contributed by atoms with Crippen molar-refractivity contribution < 1.29 is 14.5 Å². The van der Waals surface area contributed by atoms with Crippen LogP contribution in [0.3, 0.4) is 0 Å². The number of halogens is 1. The lowest BCUT2D eigenvalue weighted by Gasteiger charge is -2.43. The zero-order valence-electron chi connectivity index (χ0n) is 25.2. The summed E-state index contributed by atoms with van der Waals surface area (Å²) in [6.07, 6.45) is 0.723. The fourth-order valence-electron chi connectivity index (χ4n) is 6.17. The predicted octanol–water partition coefficient (Wildman–Crippen LogP) is 8.11. The van der Waals surface area contributed by atoms with Gasteiger partial charge in [0.2, 0.25) is 0 Å². The van der Waals surface area contributed by atoms with E-state index in [4.69, 9.17) is 22.1 Å². The third-order valence-electron chi connectivity index (χ3n) is 8.22. The van der Waals surface area contributed by atoms with Crippen molar-refractivity contribution in [1.29, 1.82) is 5.26 Å². The molecule has 1 aliphatic heterocycles. The minimum Gasteiger partial charge on any atom is -0.496 e. The van der Waals surface area contributed by atoms with Crippen molar-refractivity contribution in [3.8, 4) is 11.8 Å². The quantitative estimate of drug-likeness (QED) is 0.158. The number of methoxy groups -OCH3 is 1. The molecular weight excluding hydrogens is 596 g/mol. The van der Waals surface area contributed by atoms with E-state index in [2.05, 4.69) is 12.1 Å². The van der Waals surface area contributed by atoms with Crippen LogP contribution in [-0.2, 0) is 10.5 Å². The maximum Gasteiger partial charge on any atom is 0.296 e. The molecule has 1 aliphatic carbocycles. The first-order valence-electron chi connectivity index (χ1n) is 14.1. The number of hydrogen-bond donors (Lipinski definition) is 1. The van der Waals surface area contributed by atoms with Crippen LogP contribution >= 0.6 is 23.4 Å². The lowest BCUT2D eigenvalue weighted by atomic mass is 9.68. The van der Waals surface area contributed by atoms with Crippen LogP contribution in [0.15, 0.2) is 82.2 Å². The number of allylic oxidation sites excluding steroid dienone is 3. The summed E-state index contributed by atoms with van der Waals surface area (Å²) < 4.78 is 5.24. The van der Waals surface area contributed by atoms with Crippen LogP contribution in [0.25, 0.3) is 0 Å². The van der Waals surface area contributed by atoms with Gasteiger partial charge in [0, 0.05) is 33.4 Å².